The Kier molecular flexibility index (Phi) is 5.84. The molecule has 7 heteroatoms. The predicted octanol–water partition coefficient (Wildman–Crippen LogP) is 1.85. The van der Waals surface area contributed by atoms with E-state index in [0.29, 0.717) is 24.3 Å². The number of amides is 1. The molecule has 2 aromatic heterocycles. The number of fused-ring (bicyclic) bond motifs is 1. The molecule has 7 nitrogen and oxygen atoms in total. The molecule has 2 heterocycles. The highest BCUT2D eigenvalue weighted by Crippen LogP contribution is 2.11. The number of rotatable bonds is 6. The molecule has 1 N–H and O–H groups in total. The third-order valence-electron chi connectivity index (χ3n) is 4.36. The number of pyridine rings is 2. The number of hydrogen-bond donors (Lipinski definition) is 1. The van der Waals surface area contributed by atoms with Crippen molar-refractivity contribution in [3.05, 3.63) is 75.7 Å². The van der Waals surface area contributed by atoms with E-state index in [2.05, 4.69) is 10.3 Å². The molecule has 3 aromatic rings. The van der Waals surface area contributed by atoms with Gasteiger partial charge in [-0.1, -0.05) is 30.3 Å². The lowest BCUT2D eigenvalue weighted by Crippen LogP contribution is -2.31. The molecule has 0 aliphatic carbocycles. The van der Waals surface area contributed by atoms with Crippen LogP contribution < -0.4 is 10.7 Å². The quantitative estimate of drug-likeness (QED) is 0.660. The van der Waals surface area contributed by atoms with Gasteiger partial charge in [-0.25, -0.2) is 9.78 Å². The van der Waals surface area contributed by atoms with E-state index in [1.165, 1.54) is 17.9 Å². The molecule has 0 fully saturated rings. The summed E-state index contributed by atoms with van der Waals surface area (Å²) in [6.07, 6.45) is 2.04. The van der Waals surface area contributed by atoms with Crippen LogP contribution in [-0.4, -0.2) is 35.1 Å². The smallest absolute Gasteiger partial charge is 0.343 e. The zero-order valence-electron chi connectivity index (χ0n) is 15.8. The fourth-order valence-corrected chi connectivity index (χ4v) is 2.94. The van der Waals surface area contributed by atoms with Gasteiger partial charge in [-0.2, -0.15) is 0 Å². The number of ether oxygens (including phenoxy) is 1. The first-order valence-corrected chi connectivity index (χ1v) is 8.89. The second-order valence-electron chi connectivity index (χ2n) is 6.40. The summed E-state index contributed by atoms with van der Waals surface area (Å²) in [6, 6.07) is 13.1. The van der Waals surface area contributed by atoms with Gasteiger partial charge in [0, 0.05) is 18.4 Å². The SMILES string of the molecule is COC(=O)c1cn(CC(=O)NCCc2ccccc2)c2nc(C)ccc2c1=O. The van der Waals surface area contributed by atoms with Gasteiger partial charge in [0.1, 0.15) is 17.8 Å². The molecular weight excluding hydrogens is 358 g/mol. The number of esters is 1. The molecule has 1 amide bonds. The summed E-state index contributed by atoms with van der Waals surface area (Å²) in [7, 11) is 1.21. The fourth-order valence-electron chi connectivity index (χ4n) is 2.94. The highest BCUT2D eigenvalue weighted by Gasteiger charge is 2.18. The minimum absolute atomic E-state index is 0.0635. The Labute approximate surface area is 162 Å². The molecule has 0 radical (unpaired) electrons. The highest BCUT2D eigenvalue weighted by molar-refractivity contribution is 5.93. The van der Waals surface area contributed by atoms with Gasteiger partial charge in [0.05, 0.1) is 12.5 Å². The summed E-state index contributed by atoms with van der Waals surface area (Å²) in [5.74, 6) is -0.981. The molecule has 3 rings (SSSR count). The van der Waals surface area contributed by atoms with Crippen molar-refractivity contribution in [3.8, 4) is 0 Å². The van der Waals surface area contributed by atoms with E-state index in [-0.39, 0.29) is 23.4 Å². The van der Waals surface area contributed by atoms with Crippen molar-refractivity contribution in [2.75, 3.05) is 13.7 Å². The predicted molar refractivity (Wildman–Crippen MR) is 105 cm³/mol. The molecular formula is C21H21N3O4. The number of aromatic nitrogens is 2. The first kappa shape index (κ1) is 19.3. The Hall–Kier alpha value is -3.48. The van der Waals surface area contributed by atoms with Crippen molar-refractivity contribution in [3.63, 3.8) is 0 Å². The number of hydrogen-bond acceptors (Lipinski definition) is 5. The van der Waals surface area contributed by atoms with Crippen LogP contribution in [0.15, 0.2) is 53.5 Å². The third kappa shape index (κ3) is 4.25. The highest BCUT2D eigenvalue weighted by atomic mass is 16.5. The fraction of sp³-hybridized carbons (Fsp3) is 0.238. The summed E-state index contributed by atoms with van der Waals surface area (Å²) in [5.41, 5.74) is 1.60. The van der Waals surface area contributed by atoms with Crippen LogP contribution in [0.3, 0.4) is 0 Å². The number of aryl methyl sites for hydroxylation is 1. The summed E-state index contributed by atoms with van der Waals surface area (Å²) in [4.78, 5) is 41.3. The standard InChI is InChI=1S/C21H21N3O4/c1-14-8-9-16-19(26)17(21(27)28-2)12-24(20(16)23-14)13-18(25)22-11-10-15-6-4-3-5-7-15/h3-9,12H,10-11,13H2,1-2H3,(H,22,25). The van der Waals surface area contributed by atoms with E-state index < -0.39 is 11.4 Å². The molecule has 0 atom stereocenters. The average molecular weight is 379 g/mol. The van der Waals surface area contributed by atoms with Crippen LogP contribution in [-0.2, 0) is 22.5 Å². The molecule has 0 saturated heterocycles. The second-order valence-corrected chi connectivity index (χ2v) is 6.40. The number of nitrogens with zero attached hydrogens (tertiary/aromatic N) is 2. The summed E-state index contributed by atoms with van der Waals surface area (Å²) in [5, 5.41) is 3.12. The normalized spacial score (nSPS) is 10.6. The number of carbonyl (C=O) groups is 2. The van der Waals surface area contributed by atoms with Crippen LogP contribution in [0, 0.1) is 6.92 Å². The topological polar surface area (TPSA) is 90.3 Å². The largest absolute Gasteiger partial charge is 0.465 e. The van der Waals surface area contributed by atoms with Gasteiger partial charge in [-0.05, 0) is 31.0 Å². The van der Waals surface area contributed by atoms with Crippen molar-refractivity contribution in [1.82, 2.24) is 14.9 Å². The van der Waals surface area contributed by atoms with Gasteiger partial charge in [0.2, 0.25) is 11.3 Å². The molecule has 0 saturated carbocycles. The van der Waals surface area contributed by atoms with E-state index in [0.717, 1.165) is 5.56 Å². The first-order chi connectivity index (χ1) is 13.5. The van der Waals surface area contributed by atoms with Gasteiger partial charge in [-0.3, -0.25) is 9.59 Å². The van der Waals surface area contributed by atoms with Crippen molar-refractivity contribution < 1.29 is 14.3 Å². The summed E-state index contributed by atoms with van der Waals surface area (Å²) < 4.78 is 6.20. The van der Waals surface area contributed by atoms with Crippen molar-refractivity contribution in [2.45, 2.75) is 19.9 Å². The van der Waals surface area contributed by atoms with E-state index in [1.54, 1.807) is 19.1 Å². The molecule has 0 spiro atoms. The van der Waals surface area contributed by atoms with Gasteiger partial charge >= 0.3 is 5.97 Å². The van der Waals surface area contributed by atoms with E-state index in [9.17, 15) is 14.4 Å². The Balaban J connectivity index is 1.83. The Morgan fingerprint density at radius 3 is 2.61 bits per heavy atom. The zero-order chi connectivity index (χ0) is 20.1. The average Bonchev–Trinajstić information content (AvgIpc) is 2.70. The van der Waals surface area contributed by atoms with E-state index in [4.69, 9.17) is 4.74 Å². The summed E-state index contributed by atoms with van der Waals surface area (Å²) >= 11 is 0. The van der Waals surface area contributed by atoms with Crippen LogP contribution in [0.4, 0.5) is 0 Å². The molecule has 144 valence electrons. The summed E-state index contributed by atoms with van der Waals surface area (Å²) in [6.45, 7) is 2.21. The lowest BCUT2D eigenvalue weighted by molar-refractivity contribution is -0.121. The lowest BCUT2D eigenvalue weighted by atomic mass is 10.1. The Morgan fingerprint density at radius 2 is 1.89 bits per heavy atom. The number of methoxy groups -OCH3 is 1. The van der Waals surface area contributed by atoms with Gasteiger partial charge in [0.15, 0.2) is 0 Å². The minimum Gasteiger partial charge on any atom is -0.465 e. The molecule has 0 aliphatic rings. The maximum atomic E-state index is 12.6. The molecule has 1 aromatic carbocycles. The third-order valence-corrected chi connectivity index (χ3v) is 4.36. The maximum Gasteiger partial charge on any atom is 0.343 e. The monoisotopic (exact) mass is 379 g/mol. The lowest BCUT2D eigenvalue weighted by Gasteiger charge is -2.13. The van der Waals surface area contributed by atoms with Gasteiger partial charge in [0.25, 0.3) is 0 Å². The Morgan fingerprint density at radius 1 is 1.14 bits per heavy atom. The van der Waals surface area contributed by atoms with Crippen LogP contribution >= 0.6 is 0 Å². The zero-order valence-corrected chi connectivity index (χ0v) is 15.8. The van der Waals surface area contributed by atoms with Crippen LogP contribution in [0.2, 0.25) is 0 Å². The maximum absolute atomic E-state index is 12.6. The molecule has 0 bridgehead atoms. The van der Waals surface area contributed by atoms with Crippen LogP contribution in [0.5, 0.6) is 0 Å². The van der Waals surface area contributed by atoms with Crippen LogP contribution in [0.1, 0.15) is 21.6 Å². The Bertz CT molecular complexity index is 1070. The molecule has 28 heavy (non-hydrogen) atoms. The van der Waals surface area contributed by atoms with Gasteiger partial charge in [-0.15, -0.1) is 0 Å². The molecule has 0 aliphatic heterocycles. The number of benzene rings is 1. The first-order valence-electron chi connectivity index (χ1n) is 8.89. The van der Waals surface area contributed by atoms with E-state index >= 15 is 0 Å². The minimum atomic E-state index is -0.745. The van der Waals surface area contributed by atoms with Crippen LogP contribution in [0.25, 0.3) is 11.0 Å². The van der Waals surface area contributed by atoms with Crippen molar-refractivity contribution in [1.29, 1.82) is 0 Å². The van der Waals surface area contributed by atoms with E-state index in [1.807, 2.05) is 30.3 Å². The number of carbonyl (C=O) groups excluding carboxylic acids is 2. The number of nitrogens with one attached hydrogen (secondary N) is 1. The second kappa shape index (κ2) is 8.47. The molecule has 0 unspecified atom stereocenters. The van der Waals surface area contributed by atoms with Crippen molar-refractivity contribution >= 4 is 22.9 Å². The van der Waals surface area contributed by atoms with Gasteiger partial charge < -0.3 is 14.6 Å². The van der Waals surface area contributed by atoms with Crippen molar-refractivity contribution in [2.24, 2.45) is 0 Å².